The van der Waals surface area contributed by atoms with E-state index in [9.17, 15) is 4.39 Å². The summed E-state index contributed by atoms with van der Waals surface area (Å²) in [6, 6.07) is 4.85. The van der Waals surface area contributed by atoms with E-state index in [4.69, 9.17) is 11.6 Å². The zero-order valence-corrected chi connectivity index (χ0v) is 12.3. The Bertz CT molecular complexity index is 400. The number of halogens is 2. The van der Waals surface area contributed by atoms with Gasteiger partial charge in [-0.25, -0.2) is 4.39 Å². The molecule has 0 heterocycles. The quantitative estimate of drug-likeness (QED) is 0.814. The van der Waals surface area contributed by atoms with Crippen molar-refractivity contribution < 1.29 is 4.39 Å². The van der Waals surface area contributed by atoms with Gasteiger partial charge in [-0.1, -0.05) is 43.7 Å². The summed E-state index contributed by atoms with van der Waals surface area (Å²) in [4.78, 5) is 0. The molecule has 1 aromatic rings. The Morgan fingerprint density at radius 2 is 1.79 bits per heavy atom. The van der Waals surface area contributed by atoms with Crippen molar-refractivity contribution >= 4 is 11.6 Å². The summed E-state index contributed by atoms with van der Waals surface area (Å²) in [7, 11) is 1.95. The molecule has 1 saturated carbocycles. The predicted octanol–water partition coefficient (Wildman–Crippen LogP) is 5.10. The van der Waals surface area contributed by atoms with Gasteiger partial charge in [0.15, 0.2) is 0 Å². The molecule has 0 bridgehead atoms. The highest BCUT2D eigenvalue weighted by Gasteiger charge is 2.24. The highest BCUT2D eigenvalue weighted by Crippen LogP contribution is 2.35. The van der Waals surface area contributed by atoms with Gasteiger partial charge in [-0.15, -0.1) is 0 Å². The molecule has 0 aliphatic heterocycles. The van der Waals surface area contributed by atoms with Crippen LogP contribution in [0.5, 0.6) is 0 Å². The Kier molecular flexibility index (Phi) is 5.65. The van der Waals surface area contributed by atoms with Crippen LogP contribution in [0.25, 0.3) is 0 Å². The van der Waals surface area contributed by atoms with E-state index in [1.54, 1.807) is 12.1 Å². The van der Waals surface area contributed by atoms with Gasteiger partial charge in [0.25, 0.3) is 0 Å². The van der Waals surface area contributed by atoms with E-state index < -0.39 is 0 Å². The molecule has 106 valence electrons. The van der Waals surface area contributed by atoms with Gasteiger partial charge in [-0.2, -0.15) is 0 Å². The first-order valence-corrected chi connectivity index (χ1v) is 7.72. The van der Waals surface area contributed by atoms with E-state index in [1.165, 1.54) is 51.0 Å². The number of rotatable bonds is 3. The molecule has 1 nitrogen and oxygen atoms in total. The van der Waals surface area contributed by atoms with Crippen LogP contribution in [0.15, 0.2) is 18.2 Å². The summed E-state index contributed by atoms with van der Waals surface area (Å²) in [5.74, 6) is 0.357. The van der Waals surface area contributed by atoms with Crippen LogP contribution in [0.1, 0.15) is 56.6 Å². The molecular weight excluding hydrogens is 261 g/mol. The Morgan fingerprint density at radius 3 is 2.42 bits per heavy atom. The van der Waals surface area contributed by atoms with Crippen LogP contribution in [-0.2, 0) is 0 Å². The molecule has 2 rings (SSSR count). The number of hydrogen-bond donors (Lipinski definition) is 1. The molecule has 1 aliphatic rings. The lowest BCUT2D eigenvalue weighted by Crippen LogP contribution is -2.26. The van der Waals surface area contributed by atoms with Crippen LogP contribution in [0, 0.1) is 11.7 Å². The third-order valence-corrected chi connectivity index (χ3v) is 4.57. The van der Waals surface area contributed by atoms with Crippen LogP contribution in [0.2, 0.25) is 5.02 Å². The normalized spacial score (nSPS) is 19.7. The molecule has 1 aromatic carbocycles. The molecule has 1 unspecified atom stereocenters. The molecule has 0 saturated heterocycles. The summed E-state index contributed by atoms with van der Waals surface area (Å²) in [6.07, 6.45) is 8.97. The first-order chi connectivity index (χ1) is 9.22. The molecule has 0 aromatic heterocycles. The van der Waals surface area contributed by atoms with E-state index in [1.807, 2.05) is 7.05 Å². The lowest BCUT2D eigenvalue weighted by Gasteiger charge is -2.29. The Balaban J connectivity index is 2.19. The van der Waals surface area contributed by atoms with E-state index in [0.717, 1.165) is 5.56 Å². The minimum atomic E-state index is -0.203. The summed E-state index contributed by atoms with van der Waals surface area (Å²) in [5, 5.41) is 4.02. The zero-order chi connectivity index (χ0) is 13.7. The maximum absolute atomic E-state index is 13.5. The molecule has 1 N–H and O–H groups in total. The van der Waals surface area contributed by atoms with E-state index >= 15 is 0 Å². The Morgan fingerprint density at radius 1 is 1.16 bits per heavy atom. The number of hydrogen-bond acceptors (Lipinski definition) is 1. The second kappa shape index (κ2) is 7.25. The van der Waals surface area contributed by atoms with Gasteiger partial charge in [0.1, 0.15) is 5.82 Å². The van der Waals surface area contributed by atoms with Crippen molar-refractivity contribution in [2.24, 2.45) is 5.92 Å². The summed E-state index contributed by atoms with van der Waals surface area (Å²) in [5.41, 5.74) is 0.912. The maximum Gasteiger partial charge on any atom is 0.123 e. The highest BCUT2D eigenvalue weighted by atomic mass is 35.5. The third kappa shape index (κ3) is 3.93. The average Bonchev–Trinajstić information content (AvgIpc) is 2.36. The minimum absolute atomic E-state index is 0.168. The summed E-state index contributed by atoms with van der Waals surface area (Å²) in [6.45, 7) is 0. The van der Waals surface area contributed by atoms with Gasteiger partial charge in [0.2, 0.25) is 0 Å². The monoisotopic (exact) mass is 283 g/mol. The second-order valence-electron chi connectivity index (χ2n) is 5.54. The van der Waals surface area contributed by atoms with Crippen LogP contribution < -0.4 is 5.32 Å². The molecule has 1 aliphatic carbocycles. The highest BCUT2D eigenvalue weighted by molar-refractivity contribution is 6.31. The lowest BCUT2D eigenvalue weighted by atomic mass is 9.83. The van der Waals surface area contributed by atoms with Crippen LogP contribution in [-0.4, -0.2) is 7.05 Å². The summed E-state index contributed by atoms with van der Waals surface area (Å²) >= 11 is 6.26. The second-order valence-corrected chi connectivity index (χ2v) is 5.94. The molecule has 3 heteroatoms. The van der Waals surface area contributed by atoms with Gasteiger partial charge in [-0.05, 0) is 49.6 Å². The van der Waals surface area contributed by atoms with Crippen LogP contribution in [0.3, 0.4) is 0 Å². The van der Waals surface area contributed by atoms with Gasteiger partial charge < -0.3 is 5.32 Å². The number of nitrogens with one attached hydrogen (secondary N) is 1. The van der Waals surface area contributed by atoms with Crippen molar-refractivity contribution in [3.8, 4) is 0 Å². The maximum atomic E-state index is 13.5. The average molecular weight is 284 g/mol. The SMILES string of the molecule is CNC(c1cc(F)ccc1Cl)C1CCCCCCC1. The third-order valence-electron chi connectivity index (χ3n) is 4.23. The van der Waals surface area contributed by atoms with Crippen molar-refractivity contribution in [2.45, 2.75) is 51.0 Å². The predicted molar refractivity (Wildman–Crippen MR) is 79.0 cm³/mol. The fraction of sp³-hybridized carbons (Fsp3) is 0.625. The standard InChI is InChI=1S/C16H23ClFN/c1-19-16(12-7-5-3-2-4-6-8-12)14-11-13(18)9-10-15(14)17/h9-12,16,19H,2-8H2,1H3. The zero-order valence-electron chi connectivity index (χ0n) is 11.6. The van der Waals surface area contributed by atoms with Gasteiger partial charge in [0.05, 0.1) is 0 Å². The van der Waals surface area contributed by atoms with Crippen molar-refractivity contribution in [1.82, 2.24) is 5.32 Å². The molecule has 0 amide bonds. The molecule has 0 radical (unpaired) electrons. The number of benzene rings is 1. The van der Waals surface area contributed by atoms with Crippen molar-refractivity contribution in [2.75, 3.05) is 7.05 Å². The van der Waals surface area contributed by atoms with Gasteiger partial charge in [-0.3, -0.25) is 0 Å². The first-order valence-electron chi connectivity index (χ1n) is 7.34. The lowest BCUT2D eigenvalue weighted by molar-refractivity contribution is 0.299. The van der Waals surface area contributed by atoms with E-state index in [2.05, 4.69) is 5.32 Å². The smallest absolute Gasteiger partial charge is 0.123 e. The summed E-state index contributed by atoms with van der Waals surface area (Å²) < 4.78 is 13.5. The molecule has 1 fully saturated rings. The fourth-order valence-electron chi connectivity index (χ4n) is 3.22. The minimum Gasteiger partial charge on any atom is -0.313 e. The largest absolute Gasteiger partial charge is 0.313 e. The first kappa shape index (κ1) is 14.8. The van der Waals surface area contributed by atoms with E-state index in [0.29, 0.717) is 10.9 Å². The van der Waals surface area contributed by atoms with Gasteiger partial charge >= 0.3 is 0 Å². The van der Waals surface area contributed by atoms with Crippen LogP contribution >= 0.6 is 11.6 Å². The van der Waals surface area contributed by atoms with Crippen molar-refractivity contribution in [3.63, 3.8) is 0 Å². The van der Waals surface area contributed by atoms with Gasteiger partial charge in [0, 0.05) is 11.1 Å². The van der Waals surface area contributed by atoms with Crippen LogP contribution in [0.4, 0.5) is 4.39 Å². The van der Waals surface area contributed by atoms with Crippen molar-refractivity contribution in [1.29, 1.82) is 0 Å². The van der Waals surface area contributed by atoms with Crippen molar-refractivity contribution in [3.05, 3.63) is 34.6 Å². The topological polar surface area (TPSA) is 12.0 Å². The molecule has 1 atom stereocenters. The molecular formula is C16H23ClFN. The molecule has 0 spiro atoms. The Hall–Kier alpha value is -0.600. The molecule has 19 heavy (non-hydrogen) atoms. The van der Waals surface area contributed by atoms with E-state index in [-0.39, 0.29) is 11.9 Å². The fourth-order valence-corrected chi connectivity index (χ4v) is 3.45. The Labute approximate surface area is 120 Å².